The molecule has 0 aliphatic carbocycles. The van der Waals surface area contributed by atoms with Crippen LogP contribution < -0.4 is 0 Å². The fourth-order valence-corrected chi connectivity index (χ4v) is 2.59. The first-order chi connectivity index (χ1) is 10.3. The summed E-state index contributed by atoms with van der Waals surface area (Å²) >= 11 is 0. The number of rotatable bonds is 5. The average Bonchev–Trinajstić information content (AvgIpc) is 3.05. The molecular weight excluding hydrogens is 264 g/mol. The molecule has 0 amide bonds. The Labute approximate surface area is 123 Å². The molecule has 4 nitrogen and oxygen atoms in total. The van der Waals surface area contributed by atoms with E-state index in [4.69, 9.17) is 9.47 Å². The van der Waals surface area contributed by atoms with Gasteiger partial charge >= 0.3 is 0 Å². The molecular formula is C17H18N2O2. The van der Waals surface area contributed by atoms with Crippen LogP contribution in [0.5, 0.6) is 0 Å². The van der Waals surface area contributed by atoms with Gasteiger partial charge in [0.2, 0.25) is 5.79 Å². The van der Waals surface area contributed by atoms with Gasteiger partial charge < -0.3 is 14.0 Å². The first-order valence-corrected chi connectivity index (χ1v) is 6.83. The lowest BCUT2D eigenvalue weighted by molar-refractivity contribution is -0.224. The normalized spacial score (nSPS) is 11.9. The molecule has 0 aliphatic rings. The zero-order chi connectivity index (χ0) is 14.7. The lowest BCUT2D eigenvalue weighted by Gasteiger charge is -2.31. The Hall–Kier alpha value is -2.17. The summed E-state index contributed by atoms with van der Waals surface area (Å²) in [6.07, 6.45) is 5.40. The van der Waals surface area contributed by atoms with Crippen LogP contribution in [0, 0.1) is 0 Å². The third kappa shape index (κ3) is 2.55. The monoisotopic (exact) mass is 282 g/mol. The predicted molar refractivity (Wildman–Crippen MR) is 81.9 cm³/mol. The summed E-state index contributed by atoms with van der Waals surface area (Å²) < 4.78 is 13.4. The molecule has 0 unspecified atom stereocenters. The predicted octanol–water partition coefficient (Wildman–Crippen LogP) is 3.18. The van der Waals surface area contributed by atoms with E-state index in [1.807, 2.05) is 29.0 Å². The van der Waals surface area contributed by atoms with Crippen molar-refractivity contribution in [3.8, 4) is 0 Å². The van der Waals surface area contributed by atoms with Crippen molar-refractivity contribution in [3.63, 3.8) is 0 Å². The maximum absolute atomic E-state index is 5.72. The van der Waals surface area contributed by atoms with E-state index in [2.05, 4.69) is 29.2 Å². The molecule has 0 aliphatic heterocycles. The van der Waals surface area contributed by atoms with E-state index < -0.39 is 5.79 Å². The molecule has 108 valence electrons. The smallest absolute Gasteiger partial charge is 0.212 e. The highest BCUT2D eigenvalue weighted by Crippen LogP contribution is 2.30. The van der Waals surface area contributed by atoms with Crippen LogP contribution in [0.4, 0.5) is 0 Å². The average molecular weight is 282 g/mol. The second-order valence-corrected chi connectivity index (χ2v) is 4.96. The lowest BCUT2D eigenvalue weighted by Crippen LogP contribution is -2.35. The van der Waals surface area contributed by atoms with E-state index in [0.29, 0.717) is 6.54 Å². The van der Waals surface area contributed by atoms with Crippen molar-refractivity contribution >= 4 is 10.8 Å². The Morgan fingerprint density at radius 1 is 1.05 bits per heavy atom. The van der Waals surface area contributed by atoms with Crippen LogP contribution in [0.25, 0.3) is 10.8 Å². The van der Waals surface area contributed by atoms with Crippen molar-refractivity contribution in [2.75, 3.05) is 14.2 Å². The number of fused-ring (bicyclic) bond motifs is 1. The second-order valence-electron chi connectivity index (χ2n) is 4.96. The number of imidazole rings is 1. The molecule has 0 atom stereocenters. The topological polar surface area (TPSA) is 36.3 Å². The lowest BCUT2D eigenvalue weighted by atomic mass is 10.0. The van der Waals surface area contributed by atoms with Crippen molar-refractivity contribution < 1.29 is 9.47 Å². The van der Waals surface area contributed by atoms with E-state index >= 15 is 0 Å². The van der Waals surface area contributed by atoms with E-state index in [0.717, 1.165) is 5.56 Å². The molecule has 0 spiro atoms. The molecule has 3 aromatic rings. The quantitative estimate of drug-likeness (QED) is 0.674. The Morgan fingerprint density at radius 2 is 1.81 bits per heavy atom. The van der Waals surface area contributed by atoms with Crippen LogP contribution in [-0.4, -0.2) is 23.8 Å². The van der Waals surface area contributed by atoms with Crippen molar-refractivity contribution in [2.24, 2.45) is 0 Å². The van der Waals surface area contributed by atoms with Crippen LogP contribution >= 0.6 is 0 Å². The molecule has 0 fully saturated rings. The fourth-order valence-electron chi connectivity index (χ4n) is 2.59. The summed E-state index contributed by atoms with van der Waals surface area (Å²) in [6, 6.07) is 14.5. The SMILES string of the molecule is COC(Cn1ccnc1)(OC)c1ccc2ccccc2c1. The maximum atomic E-state index is 5.72. The highest BCUT2D eigenvalue weighted by molar-refractivity contribution is 5.83. The second kappa shape index (κ2) is 5.68. The van der Waals surface area contributed by atoms with Gasteiger partial charge in [0.15, 0.2) is 0 Å². The van der Waals surface area contributed by atoms with Crippen molar-refractivity contribution in [1.29, 1.82) is 0 Å². The number of ether oxygens (including phenoxy) is 2. The summed E-state index contributed by atoms with van der Waals surface area (Å²) in [5.41, 5.74) is 0.986. The number of methoxy groups -OCH3 is 2. The highest BCUT2D eigenvalue weighted by Gasteiger charge is 2.32. The molecule has 21 heavy (non-hydrogen) atoms. The fraction of sp³-hybridized carbons (Fsp3) is 0.235. The summed E-state index contributed by atoms with van der Waals surface area (Å²) in [5, 5.41) is 2.36. The zero-order valence-corrected chi connectivity index (χ0v) is 12.2. The van der Waals surface area contributed by atoms with Gasteiger partial charge in [-0.1, -0.05) is 36.4 Å². The van der Waals surface area contributed by atoms with E-state index in [1.54, 1.807) is 26.7 Å². The van der Waals surface area contributed by atoms with Crippen molar-refractivity contribution in [3.05, 3.63) is 66.7 Å². The molecule has 1 heterocycles. The maximum Gasteiger partial charge on any atom is 0.212 e. The zero-order valence-electron chi connectivity index (χ0n) is 12.2. The number of benzene rings is 2. The Bertz CT molecular complexity index is 718. The van der Waals surface area contributed by atoms with E-state index in [1.165, 1.54) is 10.8 Å². The first-order valence-electron chi connectivity index (χ1n) is 6.83. The minimum Gasteiger partial charge on any atom is -0.348 e. The Balaban J connectivity index is 2.05. The van der Waals surface area contributed by atoms with Crippen LogP contribution in [-0.2, 0) is 21.8 Å². The summed E-state index contributed by atoms with van der Waals surface area (Å²) in [5.74, 6) is -0.829. The highest BCUT2D eigenvalue weighted by atomic mass is 16.7. The number of aromatic nitrogens is 2. The Morgan fingerprint density at radius 3 is 2.48 bits per heavy atom. The standard InChI is InChI=1S/C17H18N2O2/c1-20-17(21-2,12-19-10-9-18-13-19)16-8-7-14-5-3-4-6-15(14)11-16/h3-11,13H,12H2,1-2H3. The summed E-state index contributed by atoms with van der Waals surface area (Å²) in [7, 11) is 3.32. The van der Waals surface area contributed by atoms with Gasteiger partial charge in [0.05, 0.1) is 12.9 Å². The molecule has 0 saturated heterocycles. The van der Waals surface area contributed by atoms with Crippen LogP contribution in [0.3, 0.4) is 0 Å². The number of hydrogen-bond donors (Lipinski definition) is 0. The molecule has 0 saturated carbocycles. The molecule has 0 bridgehead atoms. The minimum atomic E-state index is -0.829. The van der Waals surface area contributed by atoms with Crippen LogP contribution in [0.2, 0.25) is 0 Å². The largest absolute Gasteiger partial charge is 0.348 e. The summed E-state index contributed by atoms with van der Waals surface area (Å²) in [6.45, 7) is 0.540. The molecule has 0 N–H and O–H groups in total. The third-order valence-electron chi connectivity index (χ3n) is 3.80. The molecule has 3 rings (SSSR count). The molecule has 2 aromatic carbocycles. The van der Waals surface area contributed by atoms with Gasteiger partial charge in [-0.2, -0.15) is 0 Å². The van der Waals surface area contributed by atoms with E-state index in [-0.39, 0.29) is 0 Å². The molecule has 4 heteroatoms. The summed E-state index contributed by atoms with van der Waals surface area (Å²) in [4.78, 5) is 4.07. The number of hydrogen-bond acceptors (Lipinski definition) is 3. The number of nitrogens with zero attached hydrogens (tertiary/aromatic N) is 2. The van der Waals surface area contributed by atoms with Crippen molar-refractivity contribution in [2.45, 2.75) is 12.3 Å². The van der Waals surface area contributed by atoms with E-state index in [9.17, 15) is 0 Å². The van der Waals surface area contributed by atoms with Gasteiger partial charge in [0.25, 0.3) is 0 Å². The van der Waals surface area contributed by atoms with Crippen molar-refractivity contribution in [1.82, 2.24) is 9.55 Å². The third-order valence-corrected chi connectivity index (χ3v) is 3.80. The van der Waals surface area contributed by atoms with Gasteiger partial charge in [0.1, 0.15) is 0 Å². The Kier molecular flexibility index (Phi) is 3.73. The minimum absolute atomic E-state index is 0.540. The van der Waals surface area contributed by atoms with Gasteiger partial charge in [-0.25, -0.2) is 4.98 Å². The van der Waals surface area contributed by atoms with Gasteiger partial charge in [0, 0.05) is 32.2 Å². The first kappa shape index (κ1) is 13.8. The van der Waals surface area contributed by atoms with Gasteiger partial charge in [-0.3, -0.25) is 0 Å². The van der Waals surface area contributed by atoms with Gasteiger partial charge in [-0.15, -0.1) is 0 Å². The van der Waals surface area contributed by atoms with Crippen LogP contribution in [0.1, 0.15) is 5.56 Å². The molecule has 1 aromatic heterocycles. The molecule has 0 radical (unpaired) electrons. The van der Waals surface area contributed by atoms with Crippen LogP contribution in [0.15, 0.2) is 61.2 Å². The van der Waals surface area contributed by atoms with Gasteiger partial charge in [-0.05, 0) is 16.8 Å².